The number of hydrogen-bond donors (Lipinski definition) is 0. The molecule has 1 unspecified atom stereocenters. The molecule has 0 aromatic heterocycles. The zero-order valence-corrected chi connectivity index (χ0v) is 15.9. The van der Waals surface area contributed by atoms with Gasteiger partial charge in [-0.25, -0.2) is 8.42 Å². The van der Waals surface area contributed by atoms with E-state index in [0.29, 0.717) is 19.0 Å². The minimum Gasteiger partial charge on any atom is -0.489 e. The first kappa shape index (κ1) is 18.0. The molecule has 134 valence electrons. The predicted octanol–water partition coefficient (Wildman–Crippen LogP) is 3.90. The Balaban J connectivity index is 1.98. The number of rotatable bonds is 5. The molecule has 0 N–H and O–H groups in total. The highest BCUT2D eigenvalue weighted by atomic mass is 32.2. The second kappa shape index (κ2) is 6.46. The summed E-state index contributed by atoms with van der Waals surface area (Å²) in [7, 11) is -3.65. The van der Waals surface area contributed by atoms with Crippen LogP contribution >= 0.6 is 0 Å². The Morgan fingerprint density at radius 1 is 1.12 bits per heavy atom. The first-order chi connectivity index (χ1) is 11.7. The van der Waals surface area contributed by atoms with Crippen LogP contribution in [0.25, 0.3) is 0 Å². The van der Waals surface area contributed by atoms with Crippen LogP contribution in [0.15, 0.2) is 52.3 Å². The van der Waals surface area contributed by atoms with Gasteiger partial charge in [0.15, 0.2) is 0 Å². The lowest BCUT2D eigenvalue weighted by Gasteiger charge is -2.19. The van der Waals surface area contributed by atoms with Crippen molar-refractivity contribution in [2.75, 3.05) is 13.2 Å². The fourth-order valence-electron chi connectivity index (χ4n) is 2.62. The number of para-hydroxylation sites is 1. The maximum Gasteiger partial charge on any atom is 0.210 e. The van der Waals surface area contributed by atoms with Gasteiger partial charge >= 0.3 is 0 Å². The van der Waals surface area contributed by atoms with E-state index in [4.69, 9.17) is 9.47 Å². The van der Waals surface area contributed by atoms with Gasteiger partial charge in [0.25, 0.3) is 0 Å². The fraction of sp³-hybridized carbons (Fsp3) is 0.400. The Hall–Kier alpha value is -1.85. The Morgan fingerprint density at radius 3 is 2.32 bits per heavy atom. The summed E-state index contributed by atoms with van der Waals surface area (Å²) >= 11 is 0. The molecule has 25 heavy (non-hydrogen) atoms. The maximum absolute atomic E-state index is 13.1. The van der Waals surface area contributed by atoms with E-state index < -0.39 is 9.84 Å². The molecule has 1 heterocycles. The van der Waals surface area contributed by atoms with Gasteiger partial charge < -0.3 is 9.47 Å². The van der Waals surface area contributed by atoms with Crippen molar-refractivity contribution >= 4 is 9.84 Å². The molecule has 1 atom stereocenters. The zero-order chi connectivity index (χ0) is 18.2. The molecular formula is C20H24O4S. The minimum atomic E-state index is -3.65. The largest absolute Gasteiger partial charge is 0.489 e. The Bertz CT molecular complexity index is 858. The summed E-state index contributed by atoms with van der Waals surface area (Å²) < 4.78 is 37.2. The van der Waals surface area contributed by atoms with Crippen molar-refractivity contribution in [3.8, 4) is 5.75 Å². The first-order valence-corrected chi connectivity index (χ1v) is 9.87. The molecular weight excluding hydrogens is 336 g/mol. The molecule has 1 saturated heterocycles. The number of aryl methyl sites for hydroxylation is 1. The fourth-order valence-corrected chi connectivity index (χ4v) is 4.09. The molecule has 4 nitrogen and oxygen atoms in total. The molecule has 1 aliphatic rings. The van der Waals surface area contributed by atoms with Crippen molar-refractivity contribution in [3.05, 3.63) is 53.6 Å². The van der Waals surface area contributed by atoms with E-state index in [1.165, 1.54) is 0 Å². The Kier molecular flexibility index (Phi) is 4.64. The van der Waals surface area contributed by atoms with Crippen molar-refractivity contribution < 1.29 is 17.9 Å². The normalized spacial score (nSPS) is 17.4. The van der Waals surface area contributed by atoms with Crippen molar-refractivity contribution in [3.63, 3.8) is 0 Å². The third-order valence-corrected chi connectivity index (χ3v) is 6.11. The Labute approximate surface area is 149 Å². The molecule has 2 aromatic rings. The summed E-state index contributed by atoms with van der Waals surface area (Å²) in [5.74, 6) is 0.415. The van der Waals surface area contributed by atoms with Crippen molar-refractivity contribution in [1.29, 1.82) is 0 Å². The second-order valence-corrected chi connectivity index (χ2v) is 9.36. The quantitative estimate of drug-likeness (QED) is 0.759. The number of epoxide rings is 1. The summed E-state index contributed by atoms with van der Waals surface area (Å²) in [6.45, 7) is 9.19. The van der Waals surface area contributed by atoms with E-state index in [2.05, 4.69) is 20.8 Å². The van der Waals surface area contributed by atoms with Gasteiger partial charge in [0.1, 0.15) is 23.4 Å². The van der Waals surface area contributed by atoms with Crippen LogP contribution in [-0.2, 0) is 20.0 Å². The number of sulfone groups is 1. The standard InChI is InChI=1S/C20H24O4S/c1-14-6-5-7-18(19(14)24-13-16-12-23-16)25(21,22)17-10-8-15(9-11-17)20(2,3)4/h5-11,16H,12-13H2,1-4H3. The summed E-state index contributed by atoms with van der Waals surface area (Å²) in [6, 6.07) is 12.3. The maximum atomic E-state index is 13.1. The van der Waals surface area contributed by atoms with Crippen LogP contribution in [0.5, 0.6) is 5.75 Å². The van der Waals surface area contributed by atoms with Gasteiger partial charge in [0.05, 0.1) is 11.5 Å². The molecule has 1 aliphatic heterocycles. The van der Waals surface area contributed by atoms with Crippen LogP contribution in [-0.4, -0.2) is 27.7 Å². The van der Waals surface area contributed by atoms with Gasteiger partial charge in [0, 0.05) is 0 Å². The van der Waals surface area contributed by atoms with Gasteiger partial charge in [-0.2, -0.15) is 0 Å². The molecule has 0 amide bonds. The molecule has 5 heteroatoms. The van der Waals surface area contributed by atoms with E-state index in [-0.39, 0.29) is 21.3 Å². The lowest BCUT2D eigenvalue weighted by Crippen LogP contribution is -2.12. The summed E-state index contributed by atoms with van der Waals surface area (Å²) in [6.07, 6.45) is 0.0706. The molecule has 0 saturated carbocycles. The highest BCUT2D eigenvalue weighted by Gasteiger charge is 2.27. The minimum absolute atomic E-state index is 0.0236. The van der Waals surface area contributed by atoms with Gasteiger partial charge in [-0.05, 0) is 41.7 Å². The van der Waals surface area contributed by atoms with E-state index in [1.807, 2.05) is 25.1 Å². The molecule has 0 aliphatic carbocycles. The lowest BCUT2D eigenvalue weighted by molar-refractivity contribution is 0.256. The highest BCUT2D eigenvalue weighted by Crippen LogP contribution is 2.33. The van der Waals surface area contributed by atoms with Crippen LogP contribution in [0.3, 0.4) is 0 Å². The summed E-state index contributed by atoms with van der Waals surface area (Å²) in [4.78, 5) is 0.482. The lowest BCUT2D eigenvalue weighted by atomic mass is 9.87. The third kappa shape index (κ3) is 3.88. The van der Waals surface area contributed by atoms with Gasteiger partial charge in [0.2, 0.25) is 9.84 Å². The van der Waals surface area contributed by atoms with Crippen LogP contribution in [0, 0.1) is 6.92 Å². The van der Waals surface area contributed by atoms with Gasteiger partial charge in [-0.3, -0.25) is 0 Å². The number of hydrogen-bond acceptors (Lipinski definition) is 4. The smallest absolute Gasteiger partial charge is 0.210 e. The first-order valence-electron chi connectivity index (χ1n) is 8.39. The summed E-state index contributed by atoms with van der Waals surface area (Å²) in [5.41, 5.74) is 1.87. The van der Waals surface area contributed by atoms with E-state index in [0.717, 1.165) is 11.1 Å². The van der Waals surface area contributed by atoms with Crippen LogP contribution in [0.2, 0.25) is 0 Å². The number of ether oxygens (including phenoxy) is 2. The monoisotopic (exact) mass is 360 g/mol. The number of benzene rings is 2. The summed E-state index contributed by atoms with van der Waals surface area (Å²) in [5, 5.41) is 0. The molecule has 1 fully saturated rings. The van der Waals surface area contributed by atoms with Gasteiger partial charge in [-0.15, -0.1) is 0 Å². The zero-order valence-electron chi connectivity index (χ0n) is 15.1. The van der Waals surface area contributed by atoms with Crippen LogP contribution in [0.1, 0.15) is 31.9 Å². The van der Waals surface area contributed by atoms with Crippen LogP contribution < -0.4 is 4.74 Å². The third-order valence-electron chi connectivity index (χ3n) is 4.31. The average Bonchev–Trinajstić information content (AvgIpc) is 3.37. The van der Waals surface area contributed by atoms with Crippen molar-refractivity contribution in [2.45, 2.75) is 49.0 Å². The Morgan fingerprint density at radius 2 is 1.76 bits per heavy atom. The SMILES string of the molecule is Cc1cccc(S(=O)(=O)c2ccc(C(C)(C)C)cc2)c1OCC1CO1. The van der Waals surface area contributed by atoms with Crippen molar-refractivity contribution in [2.24, 2.45) is 0 Å². The topological polar surface area (TPSA) is 55.9 Å². The molecule has 0 spiro atoms. The molecule has 3 rings (SSSR count). The predicted molar refractivity (Wildman–Crippen MR) is 97.0 cm³/mol. The highest BCUT2D eigenvalue weighted by molar-refractivity contribution is 7.91. The second-order valence-electron chi connectivity index (χ2n) is 7.45. The van der Waals surface area contributed by atoms with E-state index >= 15 is 0 Å². The molecule has 2 aromatic carbocycles. The van der Waals surface area contributed by atoms with Crippen LogP contribution in [0.4, 0.5) is 0 Å². The van der Waals surface area contributed by atoms with E-state index in [1.54, 1.807) is 24.3 Å². The van der Waals surface area contributed by atoms with E-state index in [9.17, 15) is 8.42 Å². The van der Waals surface area contributed by atoms with Crippen molar-refractivity contribution in [1.82, 2.24) is 0 Å². The van der Waals surface area contributed by atoms with Gasteiger partial charge in [-0.1, -0.05) is 45.0 Å². The average molecular weight is 360 g/mol. The molecule has 0 radical (unpaired) electrons. The molecule has 0 bridgehead atoms.